The molecule has 2 heterocycles. The summed E-state index contributed by atoms with van der Waals surface area (Å²) in [5.41, 5.74) is 2.61. The van der Waals surface area contributed by atoms with E-state index in [-0.39, 0.29) is 0 Å². The Morgan fingerprint density at radius 2 is 1.84 bits per heavy atom. The van der Waals surface area contributed by atoms with Gasteiger partial charge in [0, 0.05) is 11.8 Å². The van der Waals surface area contributed by atoms with Crippen molar-refractivity contribution in [3.8, 4) is 11.6 Å². The van der Waals surface area contributed by atoms with Crippen LogP contribution >= 0.6 is 0 Å². The first-order chi connectivity index (χ1) is 9.20. The highest BCUT2D eigenvalue weighted by atomic mass is 16.5. The number of rotatable bonds is 3. The van der Waals surface area contributed by atoms with E-state index in [0.717, 1.165) is 5.69 Å². The van der Waals surface area contributed by atoms with E-state index in [4.69, 9.17) is 8.94 Å². The van der Waals surface area contributed by atoms with Gasteiger partial charge in [-0.05, 0) is 26.0 Å². The topological polar surface area (TPSA) is 77.0 Å². The van der Waals surface area contributed by atoms with Gasteiger partial charge in [-0.25, -0.2) is 0 Å². The van der Waals surface area contributed by atoms with Gasteiger partial charge in [-0.15, -0.1) is 5.10 Å². The Hall–Kier alpha value is -2.63. The number of anilines is 2. The molecule has 19 heavy (non-hydrogen) atoms. The Morgan fingerprint density at radius 3 is 2.53 bits per heavy atom. The molecule has 1 N–H and O–H groups in total. The first kappa shape index (κ1) is 11.5. The molecule has 3 aromatic rings. The van der Waals surface area contributed by atoms with Crippen LogP contribution < -0.4 is 5.32 Å². The predicted octanol–water partition coefficient (Wildman–Crippen LogP) is 3.09. The number of hydrogen-bond acceptors (Lipinski definition) is 6. The van der Waals surface area contributed by atoms with Crippen LogP contribution in [-0.2, 0) is 0 Å². The van der Waals surface area contributed by atoms with Gasteiger partial charge in [-0.3, -0.25) is 0 Å². The zero-order chi connectivity index (χ0) is 13.2. The van der Waals surface area contributed by atoms with Crippen LogP contribution in [0.2, 0.25) is 0 Å². The Labute approximate surface area is 109 Å². The molecule has 0 aliphatic heterocycles. The first-order valence-corrected chi connectivity index (χ1v) is 5.81. The van der Waals surface area contributed by atoms with Crippen LogP contribution in [0.4, 0.5) is 11.7 Å². The predicted molar refractivity (Wildman–Crippen MR) is 69.0 cm³/mol. The molecule has 1 aromatic carbocycles. The van der Waals surface area contributed by atoms with Gasteiger partial charge in [0.1, 0.15) is 5.76 Å². The number of aromatic nitrogens is 3. The van der Waals surface area contributed by atoms with Crippen molar-refractivity contribution in [2.24, 2.45) is 0 Å². The van der Waals surface area contributed by atoms with Gasteiger partial charge in [0.25, 0.3) is 5.89 Å². The van der Waals surface area contributed by atoms with Gasteiger partial charge in [-0.1, -0.05) is 28.0 Å². The number of hydrogen-bond donors (Lipinski definition) is 1. The van der Waals surface area contributed by atoms with Crippen LogP contribution in [0.25, 0.3) is 11.6 Å². The number of nitrogens with zero attached hydrogens (tertiary/aromatic N) is 3. The highest BCUT2D eigenvalue weighted by Gasteiger charge is 2.12. The van der Waals surface area contributed by atoms with Gasteiger partial charge in [0.2, 0.25) is 0 Å². The highest BCUT2D eigenvalue weighted by molar-refractivity contribution is 5.54. The van der Waals surface area contributed by atoms with Gasteiger partial charge in [0.05, 0.1) is 0 Å². The fourth-order valence-corrected chi connectivity index (χ4v) is 1.60. The summed E-state index contributed by atoms with van der Waals surface area (Å²) in [5, 5.41) is 14.7. The van der Waals surface area contributed by atoms with E-state index in [1.54, 1.807) is 13.0 Å². The Kier molecular flexibility index (Phi) is 2.75. The molecule has 6 nitrogen and oxygen atoms in total. The van der Waals surface area contributed by atoms with Crippen LogP contribution in [0, 0.1) is 13.8 Å². The summed E-state index contributed by atoms with van der Waals surface area (Å²) in [7, 11) is 0. The van der Waals surface area contributed by atoms with E-state index in [2.05, 4.69) is 20.7 Å². The average Bonchev–Trinajstić information content (AvgIpc) is 3.01. The fourth-order valence-electron chi connectivity index (χ4n) is 1.60. The molecular weight excluding hydrogens is 244 g/mol. The monoisotopic (exact) mass is 256 g/mol. The number of benzene rings is 1. The van der Waals surface area contributed by atoms with Crippen molar-refractivity contribution in [2.45, 2.75) is 13.8 Å². The maximum Gasteiger partial charge on any atom is 0.320 e. The van der Waals surface area contributed by atoms with E-state index in [1.165, 1.54) is 5.56 Å². The van der Waals surface area contributed by atoms with Crippen molar-refractivity contribution in [3.05, 3.63) is 41.7 Å². The average molecular weight is 256 g/mol. The van der Waals surface area contributed by atoms with Gasteiger partial charge < -0.3 is 14.3 Å². The van der Waals surface area contributed by atoms with Gasteiger partial charge in [0.15, 0.2) is 5.69 Å². The summed E-state index contributed by atoms with van der Waals surface area (Å²) in [4.78, 5) is 0. The molecule has 0 saturated heterocycles. The summed E-state index contributed by atoms with van der Waals surface area (Å²) >= 11 is 0. The molecule has 0 spiro atoms. The third-order valence-corrected chi connectivity index (χ3v) is 2.57. The third-order valence-electron chi connectivity index (χ3n) is 2.57. The minimum absolute atomic E-state index is 0.319. The molecule has 3 rings (SSSR count). The smallest absolute Gasteiger partial charge is 0.320 e. The van der Waals surface area contributed by atoms with Gasteiger partial charge in [-0.2, -0.15) is 0 Å². The van der Waals surface area contributed by atoms with Gasteiger partial charge >= 0.3 is 6.01 Å². The van der Waals surface area contributed by atoms with Crippen LogP contribution in [0.15, 0.2) is 39.3 Å². The maximum absolute atomic E-state index is 5.46. The first-order valence-electron chi connectivity index (χ1n) is 5.81. The Bertz CT molecular complexity index is 685. The number of nitrogens with one attached hydrogen (secondary N) is 1. The zero-order valence-electron chi connectivity index (χ0n) is 10.5. The molecule has 96 valence electrons. The van der Waals surface area contributed by atoms with Crippen LogP contribution in [0.3, 0.4) is 0 Å². The molecule has 0 bridgehead atoms. The second-order valence-electron chi connectivity index (χ2n) is 4.23. The summed E-state index contributed by atoms with van der Waals surface area (Å²) in [6.45, 7) is 3.83. The molecule has 0 aliphatic rings. The van der Waals surface area contributed by atoms with Crippen molar-refractivity contribution in [3.63, 3.8) is 0 Å². The Morgan fingerprint density at radius 1 is 1.05 bits per heavy atom. The molecule has 6 heteroatoms. The third kappa shape index (κ3) is 2.47. The fraction of sp³-hybridized carbons (Fsp3) is 0.154. The van der Waals surface area contributed by atoms with E-state index in [1.807, 2.05) is 31.2 Å². The normalized spacial score (nSPS) is 10.6. The largest absolute Gasteiger partial charge is 0.401 e. The Balaban J connectivity index is 1.80. The van der Waals surface area contributed by atoms with Crippen LogP contribution in [-0.4, -0.2) is 15.4 Å². The van der Waals surface area contributed by atoms with E-state index < -0.39 is 0 Å². The maximum atomic E-state index is 5.46. The van der Waals surface area contributed by atoms with Crippen molar-refractivity contribution >= 4 is 11.7 Å². The lowest BCUT2D eigenvalue weighted by Gasteiger charge is -2.00. The number of aryl methyl sites for hydroxylation is 2. The molecule has 0 radical (unpaired) electrons. The van der Waals surface area contributed by atoms with Crippen molar-refractivity contribution < 1.29 is 8.94 Å². The second kappa shape index (κ2) is 4.56. The lowest BCUT2D eigenvalue weighted by Crippen LogP contribution is -1.89. The van der Waals surface area contributed by atoms with Crippen molar-refractivity contribution in [1.29, 1.82) is 0 Å². The molecule has 0 unspecified atom stereocenters. The highest BCUT2D eigenvalue weighted by Crippen LogP contribution is 2.21. The molecule has 0 fully saturated rings. The van der Waals surface area contributed by atoms with Crippen molar-refractivity contribution in [2.75, 3.05) is 5.32 Å². The molecular formula is C13H12N4O2. The molecule has 0 amide bonds. The van der Waals surface area contributed by atoms with Crippen LogP contribution in [0.1, 0.15) is 11.3 Å². The SMILES string of the molecule is Cc1ccc(Nc2nnc(-c3cc(C)on3)o2)cc1. The molecule has 0 saturated carbocycles. The van der Waals surface area contributed by atoms with E-state index in [9.17, 15) is 0 Å². The summed E-state index contributed by atoms with van der Waals surface area (Å²) in [6, 6.07) is 9.95. The summed E-state index contributed by atoms with van der Waals surface area (Å²) < 4.78 is 10.4. The van der Waals surface area contributed by atoms with E-state index >= 15 is 0 Å². The lowest BCUT2D eigenvalue weighted by atomic mass is 10.2. The van der Waals surface area contributed by atoms with Crippen LogP contribution in [0.5, 0.6) is 0 Å². The summed E-state index contributed by atoms with van der Waals surface area (Å²) in [6.07, 6.45) is 0. The standard InChI is InChI=1S/C13H12N4O2/c1-8-3-5-10(6-4-8)14-13-16-15-12(18-13)11-7-9(2)19-17-11/h3-7H,1-2H3,(H,14,16). The lowest BCUT2D eigenvalue weighted by molar-refractivity contribution is 0.397. The quantitative estimate of drug-likeness (QED) is 0.775. The zero-order valence-corrected chi connectivity index (χ0v) is 10.5. The van der Waals surface area contributed by atoms with Crippen molar-refractivity contribution in [1.82, 2.24) is 15.4 Å². The minimum atomic E-state index is 0.319. The molecule has 0 atom stereocenters. The van der Waals surface area contributed by atoms with E-state index in [0.29, 0.717) is 23.4 Å². The minimum Gasteiger partial charge on any atom is -0.401 e. The molecule has 0 aliphatic carbocycles. The second-order valence-corrected chi connectivity index (χ2v) is 4.23. The summed E-state index contributed by atoms with van der Waals surface area (Å²) in [5.74, 6) is 1.02. The molecule has 2 aromatic heterocycles.